The van der Waals surface area contributed by atoms with E-state index in [1.165, 1.54) is 6.92 Å². The van der Waals surface area contributed by atoms with Gasteiger partial charge in [0.2, 0.25) is 0 Å². The third kappa shape index (κ3) is 2.13. The van der Waals surface area contributed by atoms with Crippen LogP contribution < -0.4 is 0 Å². The van der Waals surface area contributed by atoms with Gasteiger partial charge in [0, 0.05) is 18.3 Å². The molecule has 0 saturated heterocycles. The average Bonchev–Trinajstić information content (AvgIpc) is 2.83. The topological polar surface area (TPSA) is 74.6 Å². The third-order valence-corrected chi connectivity index (χ3v) is 9.23. The first kappa shape index (κ1) is 17.7. The minimum atomic E-state index is -1.20. The van der Waals surface area contributed by atoms with Gasteiger partial charge in [-0.25, -0.2) is 0 Å². The van der Waals surface area contributed by atoms with E-state index in [-0.39, 0.29) is 22.5 Å². The number of fused-ring (bicyclic) bond motifs is 5. The molecule has 4 fully saturated rings. The molecule has 4 nitrogen and oxygen atoms in total. The molecule has 140 valence electrons. The van der Waals surface area contributed by atoms with Crippen molar-refractivity contribution in [1.29, 1.82) is 0 Å². The number of aliphatic hydroxyl groups is 2. The van der Waals surface area contributed by atoms with Gasteiger partial charge in [-0.3, -0.25) is 9.59 Å². The molecule has 0 aromatic rings. The molecule has 4 saturated carbocycles. The zero-order chi connectivity index (χ0) is 18.2. The maximum Gasteiger partial charge on any atom is 0.161 e. The highest BCUT2D eigenvalue weighted by molar-refractivity contribution is 5.86. The summed E-state index contributed by atoms with van der Waals surface area (Å²) >= 11 is 0. The summed E-state index contributed by atoms with van der Waals surface area (Å²) in [6.45, 7) is 5.92. The average molecular weight is 348 g/mol. The van der Waals surface area contributed by atoms with Crippen molar-refractivity contribution >= 4 is 11.6 Å². The monoisotopic (exact) mass is 348 g/mol. The zero-order valence-electron chi connectivity index (χ0n) is 15.8. The van der Waals surface area contributed by atoms with Crippen molar-refractivity contribution in [2.24, 2.45) is 34.5 Å². The molecule has 0 bridgehead atoms. The Labute approximate surface area is 150 Å². The molecule has 4 aliphatic rings. The van der Waals surface area contributed by atoms with Crippen LogP contribution in [0, 0.1) is 34.5 Å². The molecule has 4 aliphatic carbocycles. The molecule has 0 radical (unpaired) electrons. The summed E-state index contributed by atoms with van der Waals surface area (Å²) in [7, 11) is 0. The normalized spacial score (nSPS) is 55.2. The number of ketones is 2. The van der Waals surface area contributed by atoms with Crippen molar-refractivity contribution in [3.63, 3.8) is 0 Å². The molecule has 25 heavy (non-hydrogen) atoms. The summed E-state index contributed by atoms with van der Waals surface area (Å²) in [5, 5.41) is 22.0. The molecule has 0 spiro atoms. The van der Waals surface area contributed by atoms with Crippen LogP contribution in [0.1, 0.15) is 72.1 Å². The smallest absolute Gasteiger partial charge is 0.161 e. The van der Waals surface area contributed by atoms with E-state index in [0.717, 1.165) is 32.1 Å². The second-order valence-electron chi connectivity index (χ2n) is 9.95. The minimum Gasteiger partial charge on any atom is -0.393 e. The fourth-order valence-electron chi connectivity index (χ4n) is 7.68. The third-order valence-electron chi connectivity index (χ3n) is 9.23. The number of rotatable bonds is 1. The summed E-state index contributed by atoms with van der Waals surface area (Å²) < 4.78 is 0. The molecule has 4 rings (SSSR count). The maximum absolute atomic E-state index is 12.2. The molecule has 0 aromatic heterocycles. The van der Waals surface area contributed by atoms with Crippen LogP contribution in [-0.2, 0) is 9.59 Å². The van der Waals surface area contributed by atoms with Gasteiger partial charge in [-0.1, -0.05) is 13.8 Å². The van der Waals surface area contributed by atoms with E-state index in [2.05, 4.69) is 13.8 Å². The van der Waals surface area contributed by atoms with Crippen LogP contribution in [0.3, 0.4) is 0 Å². The summed E-state index contributed by atoms with van der Waals surface area (Å²) in [6.07, 6.45) is 5.66. The summed E-state index contributed by atoms with van der Waals surface area (Å²) in [5.74, 6) is 1.45. The van der Waals surface area contributed by atoms with Crippen LogP contribution in [0.4, 0.5) is 0 Å². The second-order valence-corrected chi connectivity index (χ2v) is 9.95. The Balaban J connectivity index is 1.69. The Morgan fingerprint density at radius 1 is 1.08 bits per heavy atom. The van der Waals surface area contributed by atoms with Gasteiger partial charge in [0.05, 0.1) is 6.10 Å². The van der Waals surface area contributed by atoms with Gasteiger partial charge < -0.3 is 10.2 Å². The molecule has 0 unspecified atom stereocenters. The number of aliphatic hydroxyl groups excluding tert-OH is 1. The van der Waals surface area contributed by atoms with Gasteiger partial charge in [0.15, 0.2) is 5.78 Å². The largest absolute Gasteiger partial charge is 0.393 e. The van der Waals surface area contributed by atoms with Crippen LogP contribution in [0.5, 0.6) is 0 Å². The van der Waals surface area contributed by atoms with Crippen LogP contribution >= 0.6 is 0 Å². The van der Waals surface area contributed by atoms with E-state index < -0.39 is 11.7 Å². The highest BCUT2D eigenvalue weighted by atomic mass is 16.3. The summed E-state index contributed by atoms with van der Waals surface area (Å²) in [6, 6.07) is 0. The van der Waals surface area contributed by atoms with Crippen LogP contribution in [0.15, 0.2) is 0 Å². The summed E-state index contributed by atoms with van der Waals surface area (Å²) in [4.78, 5) is 24.2. The fraction of sp³-hybridized carbons (Fsp3) is 0.905. The van der Waals surface area contributed by atoms with Gasteiger partial charge in [0.25, 0.3) is 0 Å². The number of carbonyl (C=O) groups excluding carboxylic acids is 2. The van der Waals surface area contributed by atoms with Crippen LogP contribution in [0.25, 0.3) is 0 Å². The fourth-order valence-corrected chi connectivity index (χ4v) is 7.68. The SMILES string of the molecule is CC(=O)[C@@]1(O)CC[C@@H]2[C@@H]3C[C@H](O)[C@H]4CC(=O)CC[C@]4(C)[C@H]3CC[C@@]21C. The summed E-state index contributed by atoms with van der Waals surface area (Å²) in [5.41, 5.74) is -1.55. The lowest BCUT2D eigenvalue weighted by Crippen LogP contribution is -2.60. The maximum atomic E-state index is 12.2. The first-order valence-electron chi connectivity index (χ1n) is 10.1. The molecular formula is C21H32O4. The number of carbonyl (C=O) groups is 2. The number of hydrogen-bond acceptors (Lipinski definition) is 4. The Bertz CT molecular complexity index is 615. The lowest BCUT2D eigenvalue weighted by Gasteiger charge is -2.61. The Hall–Kier alpha value is -0.740. The molecule has 0 heterocycles. The van der Waals surface area contributed by atoms with Gasteiger partial charge in [-0.05, 0) is 74.5 Å². The van der Waals surface area contributed by atoms with Crippen LogP contribution in [0.2, 0.25) is 0 Å². The van der Waals surface area contributed by atoms with Crippen molar-refractivity contribution < 1.29 is 19.8 Å². The van der Waals surface area contributed by atoms with E-state index in [0.29, 0.717) is 42.8 Å². The van der Waals surface area contributed by atoms with E-state index in [1.54, 1.807) is 0 Å². The van der Waals surface area contributed by atoms with Gasteiger partial charge in [-0.15, -0.1) is 0 Å². The number of hydrogen-bond donors (Lipinski definition) is 2. The molecular weight excluding hydrogens is 316 g/mol. The quantitative estimate of drug-likeness (QED) is 0.764. The first-order valence-corrected chi connectivity index (χ1v) is 10.1. The second kappa shape index (κ2) is 5.39. The van der Waals surface area contributed by atoms with Crippen LogP contribution in [-0.4, -0.2) is 33.5 Å². The first-order chi connectivity index (χ1) is 11.6. The Morgan fingerprint density at radius 2 is 1.76 bits per heavy atom. The molecule has 0 amide bonds. The highest BCUT2D eigenvalue weighted by Crippen LogP contribution is 2.68. The molecule has 0 aromatic carbocycles. The molecule has 2 N–H and O–H groups in total. The van der Waals surface area contributed by atoms with Crippen molar-refractivity contribution in [3.8, 4) is 0 Å². The molecule has 4 heteroatoms. The van der Waals surface area contributed by atoms with E-state index >= 15 is 0 Å². The zero-order valence-corrected chi connectivity index (χ0v) is 15.8. The lowest BCUT2D eigenvalue weighted by atomic mass is 9.43. The van der Waals surface area contributed by atoms with Crippen molar-refractivity contribution in [3.05, 3.63) is 0 Å². The van der Waals surface area contributed by atoms with Crippen molar-refractivity contribution in [2.75, 3.05) is 0 Å². The minimum absolute atomic E-state index is 0.0223. The predicted molar refractivity (Wildman–Crippen MR) is 93.8 cm³/mol. The Morgan fingerprint density at radius 3 is 2.44 bits per heavy atom. The van der Waals surface area contributed by atoms with Crippen molar-refractivity contribution in [2.45, 2.75) is 83.8 Å². The highest BCUT2D eigenvalue weighted by Gasteiger charge is 2.67. The lowest BCUT2D eigenvalue weighted by molar-refractivity contribution is -0.184. The Kier molecular flexibility index (Phi) is 3.81. The van der Waals surface area contributed by atoms with E-state index in [9.17, 15) is 19.8 Å². The number of Topliss-reactive ketones (excluding diaryl/α,β-unsaturated/α-hetero) is 2. The van der Waals surface area contributed by atoms with Crippen molar-refractivity contribution in [1.82, 2.24) is 0 Å². The van der Waals surface area contributed by atoms with Gasteiger partial charge in [-0.2, -0.15) is 0 Å². The predicted octanol–water partition coefficient (Wildman–Crippen LogP) is 2.89. The van der Waals surface area contributed by atoms with E-state index in [1.807, 2.05) is 0 Å². The van der Waals surface area contributed by atoms with Gasteiger partial charge in [0.1, 0.15) is 11.4 Å². The molecule has 8 atom stereocenters. The molecule has 0 aliphatic heterocycles. The van der Waals surface area contributed by atoms with Gasteiger partial charge >= 0.3 is 0 Å². The standard InChI is InChI=1S/C21H32O4/c1-12(22)21(25)9-6-16-14-11-18(24)17-10-13(23)4-7-19(17,2)15(14)5-8-20(16,21)3/h14-18,24-25H,4-11H2,1-3H3/t14-,15+,16-,17-,18+,19-,20+,21+/m1/s1. The van der Waals surface area contributed by atoms with E-state index in [4.69, 9.17) is 0 Å².